The van der Waals surface area contributed by atoms with E-state index >= 15 is 0 Å². The summed E-state index contributed by atoms with van der Waals surface area (Å²) >= 11 is 7.28. The number of nitrogens with one attached hydrogen (secondary N) is 2. The maximum atomic E-state index is 11.9. The van der Waals surface area contributed by atoms with Crippen LogP contribution in [0.1, 0.15) is 18.7 Å². The second-order valence-corrected chi connectivity index (χ2v) is 6.88. The quantitative estimate of drug-likeness (QED) is 0.783. The molecule has 0 saturated heterocycles. The van der Waals surface area contributed by atoms with Crippen LogP contribution in [0.4, 0.5) is 11.5 Å². The Morgan fingerprint density at radius 3 is 2.71 bits per heavy atom. The van der Waals surface area contributed by atoms with Crippen LogP contribution in [0.3, 0.4) is 0 Å². The molecule has 114 valence electrons. The average Bonchev–Trinajstić information content (AvgIpc) is 2.80. The molecule has 0 atom stereocenters. The molecule has 4 N–H and O–H groups in total. The lowest BCUT2D eigenvalue weighted by molar-refractivity contribution is 0.508. The third kappa shape index (κ3) is 3.68. The largest absolute Gasteiger partial charge is 0.383 e. The Morgan fingerprint density at radius 1 is 1.43 bits per heavy atom. The van der Waals surface area contributed by atoms with Crippen molar-refractivity contribution in [2.75, 3.05) is 11.1 Å². The minimum Gasteiger partial charge on any atom is -0.383 e. The Kier molecular flexibility index (Phi) is 4.74. The topological polar surface area (TPSA) is 92.9 Å². The van der Waals surface area contributed by atoms with Crippen LogP contribution < -0.4 is 22.3 Å². The first-order valence-electron chi connectivity index (χ1n) is 6.49. The van der Waals surface area contributed by atoms with E-state index in [0.717, 1.165) is 4.88 Å². The highest BCUT2D eigenvalue weighted by atomic mass is 35.5. The van der Waals surface area contributed by atoms with Gasteiger partial charge >= 0.3 is 5.69 Å². The van der Waals surface area contributed by atoms with Crippen molar-refractivity contribution < 1.29 is 0 Å². The van der Waals surface area contributed by atoms with Crippen LogP contribution in [-0.2, 0) is 13.1 Å². The number of rotatable bonds is 5. The molecule has 0 aliphatic rings. The number of nitrogen functional groups attached to an aromatic ring is 1. The van der Waals surface area contributed by atoms with E-state index in [1.165, 1.54) is 15.9 Å². The summed E-state index contributed by atoms with van der Waals surface area (Å²) in [6.07, 6.45) is 0. The summed E-state index contributed by atoms with van der Waals surface area (Å²) in [5.74, 6) is 0.389. The second kappa shape index (κ2) is 6.36. The molecule has 0 fully saturated rings. The van der Waals surface area contributed by atoms with E-state index in [9.17, 15) is 9.59 Å². The van der Waals surface area contributed by atoms with Crippen LogP contribution in [0.25, 0.3) is 0 Å². The van der Waals surface area contributed by atoms with Crippen LogP contribution in [0.5, 0.6) is 0 Å². The summed E-state index contributed by atoms with van der Waals surface area (Å²) in [6.45, 7) is 4.81. The van der Waals surface area contributed by atoms with Crippen LogP contribution in [-0.4, -0.2) is 9.55 Å². The Morgan fingerprint density at radius 2 is 2.14 bits per heavy atom. The fourth-order valence-electron chi connectivity index (χ4n) is 1.93. The van der Waals surface area contributed by atoms with E-state index in [0.29, 0.717) is 17.4 Å². The second-order valence-electron chi connectivity index (χ2n) is 5.08. The molecule has 2 heterocycles. The molecule has 0 aliphatic heterocycles. The van der Waals surface area contributed by atoms with Crippen LogP contribution in [0.2, 0.25) is 4.34 Å². The van der Waals surface area contributed by atoms with E-state index in [-0.39, 0.29) is 17.4 Å². The van der Waals surface area contributed by atoms with Gasteiger partial charge in [0.15, 0.2) is 0 Å². The van der Waals surface area contributed by atoms with Gasteiger partial charge in [0.1, 0.15) is 11.5 Å². The average molecular weight is 329 g/mol. The van der Waals surface area contributed by atoms with E-state index in [4.69, 9.17) is 17.3 Å². The van der Waals surface area contributed by atoms with Crippen LogP contribution in [0.15, 0.2) is 21.7 Å². The number of thiophene rings is 1. The Labute approximate surface area is 130 Å². The molecule has 2 aromatic rings. The molecule has 0 aliphatic carbocycles. The number of aromatic amines is 1. The van der Waals surface area contributed by atoms with Gasteiger partial charge < -0.3 is 11.1 Å². The monoisotopic (exact) mass is 328 g/mol. The Hall–Kier alpha value is -1.73. The van der Waals surface area contributed by atoms with Gasteiger partial charge in [-0.1, -0.05) is 25.4 Å². The zero-order chi connectivity index (χ0) is 15.6. The van der Waals surface area contributed by atoms with Gasteiger partial charge in [0.25, 0.3) is 5.56 Å². The molecule has 2 aromatic heterocycles. The van der Waals surface area contributed by atoms with E-state index in [2.05, 4.69) is 10.3 Å². The molecule has 21 heavy (non-hydrogen) atoms. The summed E-state index contributed by atoms with van der Waals surface area (Å²) in [5.41, 5.74) is 5.16. The lowest BCUT2D eigenvalue weighted by atomic mass is 10.2. The van der Waals surface area contributed by atoms with Crippen molar-refractivity contribution in [3.8, 4) is 0 Å². The number of hydrogen-bond donors (Lipinski definition) is 3. The number of anilines is 2. The van der Waals surface area contributed by atoms with E-state index in [1.54, 1.807) is 6.07 Å². The van der Waals surface area contributed by atoms with Crippen LogP contribution >= 0.6 is 22.9 Å². The maximum absolute atomic E-state index is 11.9. The van der Waals surface area contributed by atoms with Crippen molar-refractivity contribution in [2.24, 2.45) is 5.92 Å². The third-order valence-electron chi connectivity index (χ3n) is 2.86. The van der Waals surface area contributed by atoms with Gasteiger partial charge in [-0.2, -0.15) is 0 Å². The standard InChI is InChI=1S/C13H17ClN4O2S/c1-7(2)6-18-11(15)10(12(19)17-13(18)20)16-5-8-3-4-9(14)21-8/h3-4,7,16H,5-6,15H2,1-2H3,(H,17,19,20). The number of nitrogens with two attached hydrogens (primary N) is 1. The Bertz CT molecular complexity index is 747. The molecule has 2 rings (SSSR count). The van der Waals surface area contributed by atoms with Gasteiger partial charge in [-0.3, -0.25) is 14.3 Å². The third-order valence-corrected chi connectivity index (χ3v) is 4.09. The number of aromatic nitrogens is 2. The fraction of sp³-hybridized carbons (Fsp3) is 0.385. The van der Waals surface area contributed by atoms with Crippen molar-refractivity contribution in [2.45, 2.75) is 26.9 Å². The van der Waals surface area contributed by atoms with Crippen molar-refractivity contribution >= 4 is 34.4 Å². The molecule has 0 saturated carbocycles. The molecule has 0 unspecified atom stereocenters. The highest BCUT2D eigenvalue weighted by molar-refractivity contribution is 7.16. The first-order valence-corrected chi connectivity index (χ1v) is 7.68. The SMILES string of the molecule is CC(C)Cn1c(N)c(NCc2ccc(Cl)s2)c(=O)[nH]c1=O. The predicted molar refractivity (Wildman–Crippen MR) is 87.2 cm³/mol. The molecule has 0 aromatic carbocycles. The number of hydrogen-bond acceptors (Lipinski definition) is 5. The van der Waals surface area contributed by atoms with Crippen molar-refractivity contribution in [3.05, 3.63) is 42.2 Å². The molecule has 0 amide bonds. The smallest absolute Gasteiger partial charge is 0.330 e. The number of H-pyrrole nitrogens is 1. The van der Waals surface area contributed by atoms with E-state index < -0.39 is 11.2 Å². The van der Waals surface area contributed by atoms with Gasteiger partial charge in [0.05, 0.1) is 4.34 Å². The molecule has 6 nitrogen and oxygen atoms in total. The van der Waals surface area contributed by atoms with Gasteiger partial charge in [-0.15, -0.1) is 11.3 Å². The summed E-state index contributed by atoms with van der Waals surface area (Å²) in [5, 5.41) is 2.98. The van der Waals surface area contributed by atoms with Gasteiger partial charge in [-0.05, 0) is 18.1 Å². The molecule has 0 spiro atoms. The number of nitrogens with zero attached hydrogens (tertiary/aromatic N) is 1. The van der Waals surface area contributed by atoms with Crippen molar-refractivity contribution in [3.63, 3.8) is 0 Å². The Balaban J connectivity index is 2.30. The van der Waals surface area contributed by atoms with Gasteiger partial charge in [0.2, 0.25) is 0 Å². The first-order chi connectivity index (χ1) is 9.88. The van der Waals surface area contributed by atoms with Gasteiger partial charge in [0, 0.05) is 18.0 Å². The molecular formula is C13H17ClN4O2S. The lowest BCUT2D eigenvalue weighted by Crippen LogP contribution is -2.35. The lowest BCUT2D eigenvalue weighted by Gasteiger charge is -2.15. The minimum atomic E-state index is -0.514. The minimum absolute atomic E-state index is 0.153. The van der Waals surface area contributed by atoms with Crippen LogP contribution in [0, 0.1) is 5.92 Å². The predicted octanol–water partition coefficient (Wildman–Crippen LogP) is 2.10. The highest BCUT2D eigenvalue weighted by Gasteiger charge is 2.13. The van der Waals surface area contributed by atoms with Crippen molar-refractivity contribution in [1.82, 2.24) is 9.55 Å². The van der Waals surface area contributed by atoms with Gasteiger partial charge in [-0.25, -0.2) is 4.79 Å². The number of halogens is 1. The first kappa shape index (κ1) is 15.7. The molecular weight excluding hydrogens is 312 g/mol. The zero-order valence-electron chi connectivity index (χ0n) is 11.8. The molecule has 8 heteroatoms. The molecule has 0 bridgehead atoms. The zero-order valence-corrected chi connectivity index (χ0v) is 13.3. The summed E-state index contributed by atoms with van der Waals surface area (Å²) in [4.78, 5) is 27.0. The summed E-state index contributed by atoms with van der Waals surface area (Å²) in [7, 11) is 0. The summed E-state index contributed by atoms with van der Waals surface area (Å²) < 4.78 is 2.05. The molecule has 0 radical (unpaired) electrons. The van der Waals surface area contributed by atoms with Crippen molar-refractivity contribution in [1.29, 1.82) is 0 Å². The van der Waals surface area contributed by atoms with E-state index in [1.807, 2.05) is 19.9 Å². The highest BCUT2D eigenvalue weighted by Crippen LogP contribution is 2.22. The normalized spacial score (nSPS) is 11.0. The maximum Gasteiger partial charge on any atom is 0.330 e. The fourth-order valence-corrected chi connectivity index (χ4v) is 2.95. The summed E-state index contributed by atoms with van der Waals surface area (Å²) in [6, 6.07) is 3.66.